The molecule has 2 aromatic carbocycles. The predicted octanol–water partition coefficient (Wildman–Crippen LogP) is 5.72. The second kappa shape index (κ2) is 7.63. The number of rotatable bonds is 5. The van der Waals surface area contributed by atoms with Crippen LogP contribution in [-0.4, -0.2) is 7.11 Å². The fourth-order valence-electron chi connectivity index (χ4n) is 2.12. The minimum atomic E-state index is 0.179. The lowest BCUT2D eigenvalue weighted by Crippen LogP contribution is -2.18. The van der Waals surface area contributed by atoms with Crippen LogP contribution in [0.5, 0.6) is 5.75 Å². The molecule has 0 spiro atoms. The third-order valence-electron chi connectivity index (χ3n) is 3.25. The van der Waals surface area contributed by atoms with Gasteiger partial charge in [0.1, 0.15) is 5.75 Å². The molecule has 0 radical (unpaired) electrons. The summed E-state index contributed by atoms with van der Waals surface area (Å²) in [5.41, 5.74) is 2.26. The van der Waals surface area contributed by atoms with E-state index in [1.54, 1.807) is 7.11 Å². The van der Waals surface area contributed by atoms with E-state index in [1.165, 1.54) is 0 Å². The summed E-state index contributed by atoms with van der Waals surface area (Å²) in [6.45, 7) is 2.85. The first kappa shape index (κ1) is 16.8. The van der Waals surface area contributed by atoms with Crippen LogP contribution in [0.15, 0.2) is 45.3 Å². The van der Waals surface area contributed by atoms with Gasteiger partial charge in [-0.15, -0.1) is 0 Å². The first-order valence-electron chi connectivity index (χ1n) is 6.52. The molecule has 2 nitrogen and oxygen atoms in total. The number of hydrogen-bond donors (Lipinski definition) is 1. The summed E-state index contributed by atoms with van der Waals surface area (Å²) in [4.78, 5) is 0. The van der Waals surface area contributed by atoms with Gasteiger partial charge in [0.25, 0.3) is 0 Å². The highest BCUT2D eigenvalue weighted by Crippen LogP contribution is 2.34. The number of nitrogens with one attached hydrogen (secondary N) is 1. The normalized spacial score (nSPS) is 12.2. The highest BCUT2D eigenvalue weighted by atomic mass is 79.9. The van der Waals surface area contributed by atoms with Gasteiger partial charge in [-0.1, -0.05) is 29.8 Å². The first-order valence-corrected chi connectivity index (χ1v) is 8.49. The van der Waals surface area contributed by atoms with E-state index in [0.29, 0.717) is 0 Å². The fraction of sp³-hybridized carbons (Fsp3) is 0.250. The smallest absolute Gasteiger partial charge is 0.147 e. The molecule has 0 aliphatic rings. The molecule has 21 heavy (non-hydrogen) atoms. The van der Waals surface area contributed by atoms with Crippen LogP contribution in [0.4, 0.5) is 0 Å². The molecule has 1 N–H and O–H groups in total. The van der Waals surface area contributed by atoms with Crippen LogP contribution in [0.3, 0.4) is 0 Å². The maximum Gasteiger partial charge on any atom is 0.147 e. The quantitative estimate of drug-likeness (QED) is 0.651. The van der Waals surface area contributed by atoms with E-state index in [-0.39, 0.29) is 6.04 Å². The molecular formula is C16H16Br2ClNO. The average molecular weight is 434 g/mol. The van der Waals surface area contributed by atoms with Gasteiger partial charge in [0, 0.05) is 17.6 Å². The van der Waals surface area contributed by atoms with Crippen LogP contribution >= 0.6 is 43.5 Å². The maximum absolute atomic E-state index is 6.22. The van der Waals surface area contributed by atoms with Crippen molar-refractivity contribution >= 4 is 43.5 Å². The van der Waals surface area contributed by atoms with Crippen LogP contribution in [0.1, 0.15) is 24.1 Å². The third-order valence-corrected chi connectivity index (χ3v) is 4.77. The summed E-state index contributed by atoms with van der Waals surface area (Å²) in [5.74, 6) is 0.804. The van der Waals surface area contributed by atoms with Gasteiger partial charge in [-0.05, 0) is 68.1 Å². The fourth-order valence-corrected chi connectivity index (χ4v) is 4.02. The number of hydrogen-bond acceptors (Lipinski definition) is 2. The Morgan fingerprint density at radius 2 is 1.81 bits per heavy atom. The minimum absolute atomic E-state index is 0.179. The molecule has 1 unspecified atom stereocenters. The number of halogens is 3. The summed E-state index contributed by atoms with van der Waals surface area (Å²) in [7, 11) is 1.66. The summed E-state index contributed by atoms with van der Waals surface area (Å²) >= 11 is 13.3. The number of benzene rings is 2. The minimum Gasteiger partial charge on any atom is -0.494 e. The van der Waals surface area contributed by atoms with Crippen molar-refractivity contribution in [2.24, 2.45) is 0 Å². The Kier molecular flexibility index (Phi) is 6.11. The summed E-state index contributed by atoms with van der Waals surface area (Å²) in [5, 5.41) is 4.27. The summed E-state index contributed by atoms with van der Waals surface area (Å²) < 4.78 is 7.17. The molecular weight excluding hydrogens is 417 g/mol. The lowest BCUT2D eigenvalue weighted by atomic mass is 10.1. The van der Waals surface area contributed by atoms with E-state index in [2.05, 4.69) is 56.2 Å². The molecule has 0 aliphatic heterocycles. The number of methoxy groups -OCH3 is 1. The molecule has 0 aliphatic carbocycles. The second-order valence-corrected chi connectivity index (χ2v) is 6.83. The Hall–Kier alpha value is -0.550. The molecule has 0 bridgehead atoms. The molecule has 0 aromatic heterocycles. The molecule has 0 heterocycles. The van der Waals surface area contributed by atoms with E-state index in [0.717, 1.165) is 37.4 Å². The molecule has 0 fully saturated rings. The van der Waals surface area contributed by atoms with Crippen molar-refractivity contribution in [2.75, 3.05) is 7.11 Å². The Bertz CT molecular complexity index is 610. The molecule has 0 saturated carbocycles. The summed E-state index contributed by atoms with van der Waals surface area (Å²) in [6, 6.07) is 12.2. The van der Waals surface area contributed by atoms with E-state index in [1.807, 2.05) is 24.3 Å². The largest absolute Gasteiger partial charge is 0.494 e. The number of ether oxygens (including phenoxy) is 1. The Labute approximate surface area is 147 Å². The van der Waals surface area contributed by atoms with Crippen molar-refractivity contribution in [3.05, 3.63) is 61.5 Å². The Balaban J connectivity index is 2.08. The first-order chi connectivity index (χ1) is 10.0. The third kappa shape index (κ3) is 4.22. The van der Waals surface area contributed by atoms with Crippen molar-refractivity contribution in [1.29, 1.82) is 0 Å². The average Bonchev–Trinajstić information content (AvgIpc) is 2.45. The van der Waals surface area contributed by atoms with Gasteiger partial charge < -0.3 is 10.1 Å². The van der Waals surface area contributed by atoms with Crippen LogP contribution in [0, 0.1) is 0 Å². The maximum atomic E-state index is 6.22. The summed E-state index contributed by atoms with van der Waals surface area (Å²) in [6.07, 6.45) is 0. The van der Waals surface area contributed by atoms with Crippen molar-refractivity contribution in [1.82, 2.24) is 5.32 Å². The van der Waals surface area contributed by atoms with Crippen LogP contribution in [-0.2, 0) is 6.54 Å². The predicted molar refractivity (Wildman–Crippen MR) is 95.1 cm³/mol. The van der Waals surface area contributed by atoms with E-state index in [4.69, 9.17) is 16.3 Å². The van der Waals surface area contributed by atoms with E-state index < -0.39 is 0 Å². The Morgan fingerprint density at radius 3 is 2.38 bits per heavy atom. The second-order valence-electron chi connectivity index (χ2n) is 4.72. The zero-order valence-electron chi connectivity index (χ0n) is 11.8. The molecule has 5 heteroatoms. The monoisotopic (exact) mass is 431 g/mol. The molecule has 0 saturated heterocycles. The van der Waals surface area contributed by atoms with Crippen LogP contribution in [0.2, 0.25) is 5.02 Å². The van der Waals surface area contributed by atoms with Gasteiger partial charge in [0.15, 0.2) is 0 Å². The topological polar surface area (TPSA) is 21.3 Å². The molecule has 1 atom stereocenters. The lowest BCUT2D eigenvalue weighted by Gasteiger charge is -2.16. The highest BCUT2D eigenvalue weighted by molar-refractivity contribution is 9.11. The van der Waals surface area contributed by atoms with Crippen LogP contribution < -0.4 is 10.1 Å². The van der Waals surface area contributed by atoms with Gasteiger partial charge in [-0.25, -0.2) is 0 Å². The molecule has 2 aromatic rings. The van der Waals surface area contributed by atoms with Gasteiger partial charge in [0.05, 0.1) is 16.1 Å². The van der Waals surface area contributed by atoms with Crippen LogP contribution in [0.25, 0.3) is 0 Å². The van der Waals surface area contributed by atoms with Gasteiger partial charge >= 0.3 is 0 Å². The molecule has 0 amide bonds. The van der Waals surface area contributed by atoms with Gasteiger partial charge in [-0.2, -0.15) is 0 Å². The standard InChI is InChI=1S/C16H16Br2ClNO/c1-10(12-5-3-4-6-15(12)19)20-9-11-7-13(17)16(21-2)14(18)8-11/h3-8,10,20H,9H2,1-2H3. The molecule has 112 valence electrons. The Morgan fingerprint density at radius 1 is 1.19 bits per heavy atom. The highest BCUT2D eigenvalue weighted by Gasteiger charge is 2.11. The zero-order valence-corrected chi connectivity index (χ0v) is 15.7. The van der Waals surface area contributed by atoms with Crippen molar-refractivity contribution in [3.8, 4) is 5.75 Å². The van der Waals surface area contributed by atoms with Gasteiger partial charge in [-0.3, -0.25) is 0 Å². The van der Waals surface area contributed by atoms with E-state index >= 15 is 0 Å². The SMILES string of the molecule is COc1c(Br)cc(CNC(C)c2ccccc2Cl)cc1Br. The van der Waals surface area contributed by atoms with Crippen molar-refractivity contribution < 1.29 is 4.74 Å². The van der Waals surface area contributed by atoms with Gasteiger partial charge in [0.2, 0.25) is 0 Å². The van der Waals surface area contributed by atoms with Crippen molar-refractivity contribution in [2.45, 2.75) is 19.5 Å². The molecule has 2 rings (SSSR count). The lowest BCUT2D eigenvalue weighted by molar-refractivity contribution is 0.409. The zero-order chi connectivity index (χ0) is 15.4. The van der Waals surface area contributed by atoms with Crippen molar-refractivity contribution in [3.63, 3.8) is 0 Å². The van der Waals surface area contributed by atoms with E-state index in [9.17, 15) is 0 Å².